The monoisotopic (exact) mass is 1570 g/mol. The molecule has 0 saturated carbocycles. The first-order chi connectivity index (χ1) is 53.2. The number of rotatable bonds is 82. The summed E-state index contributed by atoms with van der Waals surface area (Å²) in [4.78, 5) is 58.9. The summed E-state index contributed by atoms with van der Waals surface area (Å²) >= 11 is 0. The fourth-order valence-corrected chi connectivity index (χ4v) is 13.2. The Bertz CT molecular complexity index is 2510. The Hall–Kier alpha value is -4.31. The van der Waals surface area contributed by atoms with E-state index in [1.807, 2.05) is 0 Å². The van der Waals surface area contributed by atoms with Crippen LogP contribution in [-0.4, -0.2) is 95.9 Å². The van der Waals surface area contributed by atoms with Crippen molar-refractivity contribution in [1.82, 2.24) is 0 Å². The Labute approximate surface area is 665 Å². The standard InChI is InChI=1S/C91H158O16P2/c1-4-7-10-13-16-19-22-25-28-31-34-36-38-40-41-42-43-45-47-48-51-53-56-59-62-65-68-71-74-77-89(94)101-80-86(92)81-103-108(97,98)104-82-87(93)83-105-109(99,100)106-85-88(107-91(96)79-76-73-70-67-64-61-58-55-50-33-30-27-24-21-18-15-12-9-6-3)84-102-90(95)78-75-72-69-66-63-60-57-54-52-49-46-44-39-37-35-32-29-26-23-20-17-14-11-8-5-2/h16-21,25-30,34-37,40-41,44,46,50,55,86-88,92-93H,4-15,22-24,31-33,38-39,42-43,45,47-49,51-54,56-85H2,1-3H3,(H,97,98)(H,99,100)/b19-16-,20-17-,21-18-,28-25-,29-26-,30-27-,36-34-,37-35-,41-40-,46-44-,55-50-. The first-order valence-corrected chi connectivity index (χ1v) is 46.5. The van der Waals surface area contributed by atoms with Crippen molar-refractivity contribution in [2.75, 3.05) is 39.6 Å². The van der Waals surface area contributed by atoms with Crippen LogP contribution in [-0.2, 0) is 55.8 Å². The summed E-state index contributed by atoms with van der Waals surface area (Å²) in [5.74, 6) is -1.59. The summed E-state index contributed by atoms with van der Waals surface area (Å²) in [6, 6.07) is 0. The molecule has 0 spiro atoms. The zero-order valence-corrected chi connectivity index (χ0v) is 70.7. The molecule has 16 nitrogen and oxygen atoms in total. The average Bonchev–Trinajstić information content (AvgIpc) is 0.902. The molecular formula is C91H158O16P2. The van der Waals surface area contributed by atoms with Crippen LogP contribution in [0.3, 0.4) is 0 Å². The first-order valence-electron chi connectivity index (χ1n) is 43.5. The van der Waals surface area contributed by atoms with Gasteiger partial charge in [0.05, 0.1) is 26.4 Å². The summed E-state index contributed by atoms with van der Waals surface area (Å²) in [6.07, 6.45) is 102. The molecule has 0 bridgehead atoms. The van der Waals surface area contributed by atoms with Crippen molar-refractivity contribution in [2.24, 2.45) is 0 Å². The molecule has 0 aliphatic carbocycles. The Morgan fingerprint density at radius 2 is 0.459 bits per heavy atom. The lowest BCUT2D eigenvalue weighted by Crippen LogP contribution is -2.30. The second-order valence-electron chi connectivity index (χ2n) is 29.0. The van der Waals surface area contributed by atoms with Crippen LogP contribution in [0.15, 0.2) is 134 Å². The molecule has 109 heavy (non-hydrogen) atoms. The second-order valence-corrected chi connectivity index (χ2v) is 31.9. The van der Waals surface area contributed by atoms with Gasteiger partial charge in [-0.25, -0.2) is 9.13 Å². The van der Waals surface area contributed by atoms with E-state index < -0.39 is 91.5 Å². The number of allylic oxidation sites excluding steroid dienone is 22. The predicted molar refractivity (Wildman–Crippen MR) is 454 cm³/mol. The molecule has 0 fully saturated rings. The van der Waals surface area contributed by atoms with Crippen molar-refractivity contribution in [3.63, 3.8) is 0 Å². The van der Waals surface area contributed by atoms with Gasteiger partial charge in [0.2, 0.25) is 0 Å². The minimum atomic E-state index is -4.94. The van der Waals surface area contributed by atoms with Crippen LogP contribution < -0.4 is 0 Å². The fourth-order valence-electron chi connectivity index (χ4n) is 11.7. The smallest absolute Gasteiger partial charge is 0.463 e. The molecule has 0 amide bonds. The lowest BCUT2D eigenvalue weighted by molar-refractivity contribution is -0.161. The van der Waals surface area contributed by atoms with Gasteiger partial charge in [-0.05, 0) is 148 Å². The molecule has 0 aromatic heterocycles. The third-order valence-corrected chi connectivity index (χ3v) is 20.2. The summed E-state index contributed by atoms with van der Waals surface area (Å²) in [6.45, 7) is 2.61. The van der Waals surface area contributed by atoms with E-state index in [2.05, 4.69) is 154 Å². The van der Waals surface area contributed by atoms with Gasteiger partial charge in [-0.2, -0.15) is 0 Å². The van der Waals surface area contributed by atoms with Crippen LogP contribution >= 0.6 is 15.6 Å². The van der Waals surface area contributed by atoms with Crippen LogP contribution in [0.1, 0.15) is 367 Å². The fraction of sp³-hybridized carbons (Fsp3) is 0.725. The minimum absolute atomic E-state index is 0.0863. The van der Waals surface area contributed by atoms with Crippen molar-refractivity contribution in [3.8, 4) is 0 Å². The van der Waals surface area contributed by atoms with Gasteiger partial charge < -0.3 is 34.2 Å². The van der Waals surface area contributed by atoms with Crippen molar-refractivity contribution in [1.29, 1.82) is 0 Å². The molecule has 0 rings (SSSR count). The number of hydrogen-bond donors (Lipinski definition) is 4. The van der Waals surface area contributed by atoms with Crippen LogP contribution in [0.2, 0.25) is 0 Å². The lowest BCUT2D eigenvalue weighted by Gasteiger charge is -2.21. The first kappa shape index (κ1) is 105. The number of aliphatic hydroxyl groups excluding tert-OH is 2. The molecule has 0 aromatic rings. The lowest BCUT2D eigenvalue weighted by atomic mass is 10.0. The topological polar surface area (TPSA) is 231 Å². The number of unbranched alkanes of at least 4 members (excludes halogenated alkanes) is 37. The molecular weight excluding hydrogens is 1410 g/mol. The number of esters is 3. The highest BCUT2D eigenvalue weighted by Gasteiger charge is 2.29. The van der Waals surface area contributed by atoms with Gasteiger partial charge in [-0.3, -0.25) is 32.5 Å². The molecule has 0 aliphatic rings. The minimum Gasteiger partial charge on any atom is -0.463 e. The predicted octanol–water partition coefficient (Wildman–Crippen LogP) is 26.2. The molecule has 4 N–H and O–H groups in total. The maximum atomic E-state index is 13.0. The van der Waals surface area contributed by atoms with Gasteiger partial charge >= 0.3 is 33.6 Å². The zero-order chi connectivity index (χ0) is 79.4. The summed E-state index contributed by atoms with van der Waals surface area (Å²) in [7, 11) is -9.81. The van der Waals surface area contributed by atoms with Gasteiger partial charge in [0, 0.05) is 19.3 Å². The van der Waals surface area contributed by atoms with Crippen LogP contribution in [0.25, 0.3) is 0 Å². The van der Waals surface area contributed by atoms with Crippen molar-refractivity contribution in [3.05, 3.63) is 134 Å². The molecule has 5 atom stereocenters. The van der Waals surface area contributed by atoms with E-state index in [-0.39, 0.29) is 19.3 Å². The third-order valence-electron chi connectivity index (χ3n) is 18.3. The number of carbonyl (C=O) groups excluding carboxylic acids is 3. The molecule has 18 heteroatoms. The molecule has 628 valence electrons. The van der Waals surface area contributed by atoms with E-state index in [1.165, 1.54) is 154 Å². The van der Waals surface area contributed by atoms with Gasteiger partial charge in [-0.15, -0.1) is 0 Å². The molecule has 5 unspecified atom stereocenters. The Balaban J connectivity index is 4.60. The third kappa shape index (κ3) is 84.4. The number of aliphatic hydroxyl groups is 2. The van der Waals surface area contributed by atoms with Crippen molar-refractivity contribution in [2.45, 2.75) is 386 Å². The van der Waals surface area contributed by atoms with Gasteiger partial charge in [0.15, 0.2) is 6.10 Å². The number of ether oxygens (including phenoxy) is 3. The highest BCUT2D eigenvalue weighted by Crippen LogP contribution is 2.45. The Kier molecular flexibility index (Phi) is 79.8. The SMILES string of the molecule is CCCCC/C=C\C/C=C\C/C=C\C/C=C\CCCCCCCCCCCCCCCC(=O)OCC(O)COP(=O)(O)OCC(O)COP(=O)(O)OCC(COC(=O)CCCCCCCCCCC/C=C\C/C=C\C/C=C\C/C=C\CCCCC)OC(=O)CCCCCCCC/C=C\C/C=C\C/C=C\CCCCC. The maximum Gasteiger partial charge on any atom is 0.472 e. The number of phosphoric ester groups is 2. The quantitative estimate of drug-likeness (QED) is 0.0146. The van der Waals surface area contributed by atoms with E-state index >= 15 is 0 Å². The van der Waals surface area contributed by atoms with Gasteiger partial charge in [0.1, 0.15) is 25.4 Å². The van der Waals surface area contributed by atoms with Crippen LogP contribution in [0, 0.1) is 0 Å². The Morgan fingerprint density at radius 1 is 0.257 bits per heavy atom. The number of phosphoric acid groups is 2. The molecule has 0 heterocycles. The van der Waals surface area contributed by atoms with E-state index in [4.69, 9.17) is 32.3 Å². The van der Waals surface area contributed by atoms with E-state index in [9.17, 15) is 43.5 Å². The highest BCUT2D eigenvalue weighted by molar-refractivity contribution is 7.47. The Morgan fingerprint density at radius 3 is 0.725 bits per heavy atom. The molecule has 0 aliphatic heterocycles. The van der Waals surface area contributed by atoms with Gasteiger partial charge in [-0.1, -0.05) is 334 Å². The van der Waals surface area contributed by atoms with Crippen LogP contribution in [0.4, 0.5) is 0 Å². The normalized spacial score (nSPS) is 14.5. The summed E-state index contributed by atoms with van der Waals surface area (Å²) in [5.41, 5.74) is 0. The van der Waals surface area contributed by atoms with Crippen LogP contribution in [0.5, 0.6) is 0 Å². The van der Waals surface area contributed by atoms with Gasteiger partial charge in [0.25, 0.3) is 0 Å². The molecule has 0 saturated heterocycles. The molecule has 0 aromatic carbocycles. The number of hydrogen-bond acceptors (Lipinski definition) is 14. The average molecular weight is 1570 g/mol. The second kappa shape index (κ2) is 83.1. The van der Waals surface area contributed by atoms with Crippen molar-refractivity contribution >= 4 is 33.6 Å². The number of carbonyl (C=O) groups is 3. The zero-order valence-electron chi connectivity index (χ0n) is 68.9. The van der Waals surface area contributed by atoms with Crippen molar-refractivity contribution < 1.29 is 75.8 Å². The summed E-state index contributed by atoms with van der Waals surface area (Å²) < 4.78 is 61.4. The maximum absolute atomic E-state index is 13.0. The van der Waals surface area contributed by atoms with E-state index in [0.29, 0.717) is 19.3 Å². The highest BCUT2D eigenvalue weighted by atomic mass is 31.2. The van der Waals surface area contributed by atoms with E-state index in [1.54, 1.807) is 0 Å². The summed E-state index contributed by atoms with van der Waals surface area (Å²) in [5, 5.41) is 20.7. The molecule has 0 radical (unpaired) electrons. The largest absolute Gasteiger partial charge is 0.472 e. The van der Waals surface area contributed by atoms with E-state index in [0.717, 1.165) is 154 Å².